The Morgan fingerprint density at radius 2 is 2.25 bits per heavy atom. The van der Waals surface area contributed by atoms with E-state index >= 15 is 0 Å². The zero-order valence-corrected chi connectivity index (χ0v) is 4.92. The highest BCUT2D eigenvalue weighted by Crippen LogP contribution is 1.88. The predicted molar refractivity (Wildman–Crippen MR) is 32.5 cm³/mol. The first-order valence-corrected chi connectivity index (χ1v) is 2.25. The lowest BCUT2D eigenvalue weighted by molar-refractivity contribution is 0.419. The van der Waals surface area contributed by atoms with Crippen molar-refractivity contribution < 1.29 is 4.52 Å². The summed E-state index contributed by atoms with van der Waals surface area (Å²) in [6.07, 6.45) is 3.26. The standard InChI is InChI=1S/C4H5NO.C2H4/c1-4-2-5-6-3-4;1-2/h2-3H,1H3;1-2H2. The fourth-order valence-electron chi connectivity index (χ4n) is 0.258. The second-order valence-electron chi connectivity index (χ2n) is 1.20. The Labute approximate surface area is 48.8 Å². The molecule has 0 unspecified atom stereocenters. The lowest BCUT2D eigenvalue weighted by atomic mass is 10.4. The summed E-state index contributed by atoms with van der Waals surface area (Å²) in [6.45, 7) is 7.93. The molecule has 44 valence electrons. The maximum atomic E-state index is 4.46. The molecule has 0 bridgehead atoms. The molecule has 0 aliphatic carbocycles. The Kier molecular flexibility index (Phi) is 3.58. The molecule has 0 fully saturated rings. The molecule has 0 spiro atoms. The van der Waals surface area contributed by atoms with E-state index in [1.807, 2.05) is 6.92 Å². The van der Waals surface area contributed by atoms with Crippen LogP contribution in [0.2, 0.25) is 0 Å². The second kappa shape index (κ2) is 4.12. The van der Waals surface area contributed by atoms with Gasteiger partial charge in [0.2, 0.25) is 0 Å². The van der Waals surface area contributed by atoms with E-state index in [1.165, 1.54) is 0 Å². The Bertz CT molecular complexity index is 123. The van der Waals surface area contributed by atoms with E-state index in [0.717, 1.165) is 5.56 Å². The molecule has 0 aliphatic rings. The molecule has 0 saturated carbocycles. The molecule has 0 N–H and O–H groups in total. The molecule has 1 aromatic rings. The summed E-state index contributed by atoms with van der Waals surface area (Å²) < 4.78 is 4.46. The zero-order valence-electron chi connectivity index (χ0n) is 4.92. The van der Waals surface area contributed by atoms with Crippen molar-refractivity contribution in [2.24, 2.45) is 0 Å². The van der Waals surface area contributed by atoms with E-state index < -0.39 is 0 Å². The van der Waals surface area contributed by atoms with Crippen LogP contribution in [0.15, 0.2) is 30.1 Å². The smallest absolute Gasteiger partial charge is 0.126 e. The Morgan fingerprint density at radius 3 is 2.38 bits per heavy atom. The van der Waals surface area contributed by atoms with Crippen LogP contribution >= 0.6 is 0 Å². The lowest BCUT2D eigenvalue weighted by Crippen LogP contribution is -1.50. The molecule has 2 nitrogen and oxygen atoms in total. The summed E-state index contributed by atoms with van der Waals surface area (Å²) in [5.74, 6) is 0. The van der Waals surface area contributed by atoms with Crippen molar-refractivity contribution in [3.05, 3.63) is 31.2 Å². The fraction of sp³-hybridized carbons (Fsp3) is 0.167. The minimum atomic E-state index is 1.06. The van der Waals surface area contributed by atoms with Gasteiger partial charge in [0.25, 0.3) is 0 Å². The Morgan fingerprint density at radius 1 is 1.62 bits per heavy atom. The first-order chi connectivity index (χ1) is 3.89. The molecule has 1 rings (SSSR count). The largest absolute Gasteiger partial charge is 0.365 e. The van der Waals surface area contributed by atoms with Gasteiger partial charge in [0.15, 0.2) is 0 Å². The minimum absolute atomic E-state index is 1.06. The quantitative estimate of drug-likeness (QED) is 0.477. The van der Waals surface area contributed by atoms with E-state index in [2.05, 4.69) is 22.8 Å². The Balaban J connectivity index is 0.000000222. The van der Waals surface area contributed by atoms with Crippen molar-refractivity contribution in [1.82, 2.24) is 5.16 Å². The van der Waals surface area contributed by atoms with Crippen LogP contribution in [-0.4, -0.2) is 5.16 Å². The van der Waals surface area contributed by atoms with Gasteiger partial charge in [-0.2, -0.15) is 0 Å². The highest BCUT2D eigenvalue weighted by molar-refractivity contribution is 4.94. The van der Waals surface area contributed by atoms with E-state index in [1.54, 1.807) is 12.5 Å². The summed E-state index contributed by atoms with van der Waals surface area (Å²) >= 11 is 0. The van der Waals surface area contributed by atoms with Crippen LogP contribution in [-0.2, 0) is 0 Å². The molecule has 1 heterocycles. The first kappa shape index (κ1) is 6.95. The molecular formula is C6H9NO. The molecule has 2 heteroatoms. The molecular weight excluding hydrogens is 102 g/mol. The number of rotatable bonds is 0. The van der Waals surface area contributed by atoms with Gasteiger partial charge >= 0.3 is 0 Å². The first-order valence-electron chi connectivity index (χ1n) is 2.25. The van der Waals surface area contributed by atoms with Crippen LogP contribution in [0.4, 0.5) is 0 Å². The van der Waals surface area contributed by atoms with Gasteiger partial charge in [-0.25, -0.2) is 0 Å². The van der Waals surface area contributed by atoms with Gasteiger partial charge in [0.05, 0.1) is 6.20 Å². The monoisotopic (exact) mass is 111 g/mol. The van der Waals surface area contributed by atoms with Gasteiger partial charge in [0, 0.05) is 5.56 Å². The predicted octanol–water partition coefficient (Wildman–Crippen LogP) is 1.79. The normalized spacial score (nSPS) is 7.12. The molecule has 0 aliphatic heterocycles. The topological polar surface area (TPSA) is 26.0 Å². The summed E-state index contributed by atoms with van der Waals surface area (Å²) in [4.78, 5) is 0. The third kappa shape index (κ3) is 2.18. The summed E-state index contributed by atoms with van der Waals surface area (Å²) in [5.41, 5.74) is 1.06. The van der Waals surface area contributed by atoms with Crippen LogP contribution in [0.3, 0.4) is 0 Å². The number of aromatic nitrogens is 1. The maximum Gasteiger partial charge on any atom is 0.126 e. The maximum absolute atomic E-state index is 4.46. The molecule has 0 radical (unpaired) electrons. The molecule has 1 aromatic heterocycles. The highest BCUT2D eigenvalue weighted by Gasteiger charge is 1.77. The highest BCUT2D eigenvalue weighted by atomic mass is 16.5. The number of aryl methyl sites for hydroxylation is 1. The van der Waals surface area contributed by atoms with E-state index in [-0.39, 0.29) is 0 Å². The van der Waals surface area contributed by atoms with E-state index in [0.29, 0.717) is 0 Å². The third-order valence-corrected chi connectivity index (χ3v) is 0.556. The van der Waals surface area contributed by atoms with Crippen molar-refractivity contribution >= 4 is 0 Å². The third-order valence-electron chi connectivity index (χ3n) is 0.556. The number of hydrogen-bond acceptors (Lipinski definition) is 2. The van der Waals surface area contributed by atoms with E-state index in [9.17, 15) is 0 Å². The van der Waals surface area contributed by atoms with Gasteiger partial charge in [-0.1, -0.05) is 5.16 Å². The fourth-order valence-corrected chi connectivity index (χ4v) is 0.258. The summed E-state index contributed by atoms with van der Waals surface area (Å²) in [7, 11) is 0. The second-order valence-corrected chi connectivity index (χ2v) is 1.20. The van der Waals surface area contributed by atoms with Crippen LogP contribution < -0.4 is 0 Å². The molecule has 0 amide bonds. The average Bonchev–Trinajstić information content (AvgIpc) is 2.24. The van der Waals surface area contributed by atoms with Crippen LogP contribution in [0.1, 0.15) is 5.56 Å². The van der Waals surface area contributed by atoms with Gasteiger partial charge in [-0.15, -0.1) is 13.2 Å². The van der Waals surface area contributed by atoms with Crippen LogP contribution in [0.5, 0.6) is 0 Å². The summed E-state index contributed by atoms with van der Waals surface area (Å²) in [5, 5.41) is 3.45. The lowest BCUT2D eigenvalue weighted by Gasteiger charge is -1.60. The molecule has 0 saturated heterocycles. The van der Waals surface area contributed by atoms with Crippen molar-refractivity contribution in [3.8, 4) is 0 Å². The molecule has 0 aromatic carbocycles. The average molecular weight is 111 g/mol. The van der Waals surface area contributed by atoms with Gasteiger partial charge in [-0.05, 0) is 6.92 Å². The number of hydrogen-bond donors (Lipinski definition) is 0. The molecule has 0 atom stereocenters. The molecule has 8 heavy (non-hydrogen) atoms. The van der Waals surface area contributed by atoms with Crippen LogP contribution in [0, 0.1) is 6.92 Å². The SMILES string of the molecule is C=C.Cc1cnoc1. The van der Waals surface area contributed by atoms with Crippen LogP contribution in [0.25, 0.3) is 0 Å². The Hall–Kier alpha value is -1.05. The van der Waals surface area contributed by atoms with E-state index in [4.69, 9.17) is 0 Å². The zero-order chi connectivity index (χ0) is 6.41. The van der Waals surface area contributed by atoms with Gasteiger partial charge in [0.1, 0.15) is 6.26 Å². The van der Waals surface area contributed by atoms with Crippen molar-refractivity contribution in [2.75, 3.05) is 0 Å². The number of nitrogens with zero attached hydrogens (tertiary/aromatic N) is 1. The van der Waals surface area contributed by atoms with Gasteiger partial charge < -0.3 is 4.52 Å². The van der Waals surface area contributed by atoms with Gasteiger partial charge in [-0.3, -0.25) is 0 Å². The van der Waals surface area contributed by atoms with Crippen molar-refractivity contribution in [1.29, 1.82) is 0 Å². The summed E-state index contributed by atoms with van der Waals surface area (Å²) in [6, 6.07) is 0. The van der Waals surface area contributed by atoms with Crippen molar-refractivity contribution in [2.45, 2.75) is 6.92 Å². The van der Waals surface area contributed by atoms with Crippen molar-refractivity contribution in [3.63, 3.8) is 0 Å². The minimum Gasteiger partial charge on any atom is -0.365 e.